The Morgan fingerprint density at radius 1 is 1.35 bits per heavy atom. The van der Waals surface area contributed by atoms with Crippen molar-refractivity contribution < 1.29 is 9.32 Å². The van der Waals surface area contributed by atoms with Crippen LogP contribution < -0.4 is 0 Å². The Kier molecular flexibility index (Phi) is 4.23. The summed E-state index contributed by atoms with van der Waals surface area (Å²) in [7, 11) is 0. The van der Waals surface area contributed by atoms with Crippen LogP contribution in [-0.4, -0.2) is 47.3 Å². The monoisotopic (exact) mass is 370 g/mol. The number of amides is 1. The molecule has 3 aromatic rings. The predicted molar refractivity (Wildman–Crippen MR) is 96.7 cm³/mol. The Hall–Kier alpha value is -2.68. The molecule has 0 aromatic carbocycles. The van der Waals surface area contributed by atoms with Gasteiger partial charge in [0.25, 0.3) is 5.89 Å². The van der Waals surface area contributed by atoms with Gasteiger partial charge in [0.2, 0.25) is 11.7 Å². The Morgan fingerprint density at radius 3 is 2.85 bits per heavy atom. The first-order valence-corrected chi connectivity index (χ1v) is 9.37. The largest absolute Gasteiger partial charge is 0.337 e. The molecule has 1 aliphatic rings. The number of carbonyl (C=O) groups excluding carboxylic acids is 1. The Bertz CT molecular complexity index is 949. The summed E-state index contributed by atoms with van der Waals surface area (Å²) in [6.07, 6.45) is 1.70. The zero-order valence-electron chi connectivity index (χ0n) is 14.7. The van der Waals surface area contributed by atoms with Crippen LogP contribution in [0.25, 0.3) is 17.2 Å². The van der Waals surface area contributed by atoms with Crippen molar-refractivity contribution in [2.45, 2.75) is 26.8 Å². The summed E-state index contributed by atoms with van der Waals surface area (Å²) in [6.45, 7) is 5.49. The van der Waals surface area contributed by atoms with E-state index >= 15 is 0 Å². The van der Waals surface area contributed by atoms with Crippen molar-refractivity contribution in [1.29, 1.82) is 0 Å². The normalized spacial score (nSPS) is 17.0. The molecular formula is C17H18N6O2S. The second-order valence-electron chi connectivity index (χ2n) is 6.20. The average Bonchev–Trinajstić information content (AvgIpc) is 3.33. The molecule has 134 valence electrons. The first kappa shape index (κ1) is 16.8. The van der Waals surface area contributed by atoms with Gasteiger partial charge in [0.05, 0.1) is 11.6 Å². The van der Waals surface area contributed by atoms with Gasteiger partial charge in [-0.15, -0.1) is 11.8 Å². The van der Waals surface area contributed by atoms with E-state index < -0.39 is 0 Å². The van der Waals surface area contributed by atoms with Crippen molar-refractivity contribution in [3.63, 3.8) is 0 Å². The van der Waals surface area contributed by atoms with Crippen LogP contribution in [0, 0.1) is 13.8 Å². The minimum absolute atomic E-state index is 0.00987. The topological polar surface area (TPSA) is 89.9 Å². The maximum absolute atomic E-state index is 11.7. The van der Waals surface area contributed by atoms with Crippen LogP contribution in [0.1, 0.15) is 30.2 Å². The lowest BCUT2D eigenvalue weighted by Crippen LogP contribution is -2.28. The molecule has 1 atom stereocenters. The lowest BCUT2D eigenvalue weighted by atomic mass is 10.2. The molecule has 1 saturated heterocycles. The molecule has 0 bridgehead atoms. The summed E-state index contributed by atoms with van der Waals surface area (Å²) in [4.78, 5) is 22.4. The number of pyridine rings is 1. The fourth-order valence-corrected chi connectivity index (χ4v) is 4.16. The second-order valence-corrected chi connectivity index (χ2v) is 7.20. The fraction of sp³-hybridized carbons (Fsp3) is 0.353. The van der Waals surface area contributed by atoms with E-state index in [0.29, 0.717) is 17.6 Å². The smallest absolute Gasteiger partial charge is 0.250 e. The summed E-state index contributed by atoms with van der Waals surface area (Å²) in [5.74, 6) is 3.08. The lowest BCUT2D eigenvalue weighted by Gasteiger charge is -2.18. The van der Waals surface area contributed by atoms with Crippen LogP contribution >= 0.6 is 11.8 Å². The molecule has 0 saturated carbocycles. The summed E-state index contributed by atoms with van der Waals surface area (Å²) in [5, 5.41) is 8.48. The highest BCUT2D eigenvalue weighted by atomic mass is 32.2. The minimum Gasteiger partial charge on any atom is -0.337 e. The van der Waals surface area contributed by atoms with Gasteiger partial charge in [-0.1, -0.05) is 5.16 Å². The fourth-order valence-electron chi connectivity index (χ4n) is 2.95. The maximum atomic E-state index is 11.7. The van der Waals surface area contributed by atoms with Crippen molar-refractivity contribution in [3.8, 4) is 17.2 Å². The molecule has 1 fully saturated rings. The molecule has 8 nitrogen and oxygen atoms in total. The number of aryl methyl sites for hydroxylation is 2. The van der Waals surface area contributed by atoms with Gasteiger partial charge < -0.3 is 9.42 Å². The van der Waals surface area contributed by atoms with Crippen LogP contribution in [0.15, 0.2) is 28.9 Å². The highest BCUT2D eigenvalue weighted by molar-refractivity contribution is 7.99. The number of carbonyl (C=O) groups is 1. The summed E-state index contributed by atoms with van der Waals surface area (Å²) in [6, 6.07) is 5.60. The van der Waals surface area contributed by atoms with Crippen LogP contribution in [0.5, 0.6) is 0 Å². The number of aromatic nitrogens is 5. The SMILES string of the molecule is CC(=O)N1CSC[C@@H]1c1nc(-c2ccc(-n3nc(C)cc3C)nc2)no1. The van der Waals surface area contributed by atoms with Crippen LogP contribution in [0.2, 0.25) is 0 Å². The molecule has 3 aromatic heterocycles. The highest BCUT2D eigenvalue weighted by Crippen LogP contribution is 2.33. The molecule has 0 radical (unpaired) electrons. The summed E-state index contributed by atoms with van der Waals surface area (Å²) < 4.78 is 7.20. The molecule has 1 amide bonds. The highest BCUT2D eigenvalue weighted by Gasteiger charge is 2.33. The van der Waals surface area contributed by atoms with E-state index in [4.69, 9.17) is 4.52 Å². The molecule has 4 heterocycles. The molecule has 4 rings (SSSR count). The zero-order chi connectivity index (χ0) is 18.3. The van der Waals surface area contributed by atoms with Gasteiger partial charge >= 0.3 is 0 Å². The first-order chi connectivity index (χ1) is 12.5. The van der Waals surface area contributed by atoms with Gasteiger partial charge in [-0.25, -0.2) is 9.67 Å². The summed E-state index contributed by atoms with van der Waals surface area (Å²) in [5.41, 5.74) is 2.72. The first-order valence-electron chi connectivity index (χ1n) is 8.21. The van der Waals surface area contributed by atoms with E-state index in [2.05, 4.69) is 20.2 Å². The quantitative estimate of drug-likeness (QED) is 0.700. The number of hydrogen-bond acceptors (Lipinski definition) is 7. The third kappa shape index (κ3) is 2.98. The Balaban J connectivity index is 1.58. The molecule has 0 spiro atoms. The number of hydrogen-bond donors (Lipinski definition) is 0. The third-order valence-electron chi connectivity index (χ3n) is 4.25. The Morgan fingerprint density at radius 2 is 2.19 bits per heavy atom. The number of thioether (sulfide) groups is 1. The van der Waals surface area contributed by atoms with Crippen LogP contribution in [0.3, 0.4) is 0 Å². The van der Waals surface area contributed by atoms with E-state index in [0.717, 1.165) is 28.5 Å². The van der Waals surface area contributed by atoms with Crippen LogP contribution in [0.4, 0.5) is 0 Å². The third-order valence-corrected chi connectivity index (χ3v) is 5.26. The standard InChI is InChI=1S/C17H18N6O2S/c1-10-6-11(2)23(20-10)15-5-4-13(7-18-15)16-19-17(25-21-16)14-8-26-9-22(14)12(3)24/h4-7,14H,8-9H2,1-3H3/t14-/m1/s1. The van der Waals surface area contributed by atoms with Gasteiger partial charge in [-0.05, 0) is 32.0 Å². The van der Waals surface area contributed by atoms with Gasteiger partial charge in [-0.3, -0.25) is 4.79 Å². The lowest BCUT2D eigenvalue weighted by molar-refractivity contribution is -0.129. The average molecular weight is 370 g/mol. The van der Waals surface area contributed by atoms with Gasteiger partial charge in [-0.2, -0.15) is 10.1 Å². The van der Waals surface area contributed by atoms with Crippen LogP contribution in [-0.2, 0) is 4.79 Å². The van der Waals surface area contributed by atoms with Crippen molar-refractivity contribution in [1.82, 2.24) is 29.8 Å². The van der Waals surface area contributed by atoms with Crippen molar-refractivity contribution >= 4 is 17.7 Å². The Labute approximate surface area is 154 Å². The molecular weight excluding hydrogens is 352 g/mol. The predicted octanol–water partition coefficient (Wildman–Crippen LogP) is 2.53. The molecule has 0 unspecified atom stereocenters. The number of nitrogens with zero attached hydrogens (tertiary/aromatic N) is 6. The van der Waals surface area contributed by atoms with E-state index in [9.17, 15) is 4.79 Å². The molecule has 26 heavy (non-hydrogen) atoms. The summed E-state index contributed by atoms with van der Waals surface area (Å²) >= 11 is 1.68. The zero-order valence-corrected chi connectivity index (χ0v) is 15.5. The van der Waals surface area contributed by atoms with Gasteiger partial charge in [0.15, 0.2) is 5.82 Å². The van der Waals surface area contributed by atoms with E-state index in [-0.39, 0.29) is 11.9 Å². The van der Waals surface area contributed by atoms with Crippen molar-refractivity contribution in [2.75, 3.05) is 11.6 Å². The molecule has 0 aliphatic carbocycles. The van der Waals surface area contributed by atoms with E-state index in [1.54, 1.807) is 34.5 Å². The van der Waals surface area contributed by atoms with E-state index in [1.165, 1.54) is 0 Å². The minimum atomic E-state index is -0.166. The molecule has 0 N–H and O–H groups in total. The van der Waals surface area contributed by atoms with E-state index in [1.807, 2.05) is 32.0 Å². The molecule has 9 heteroatoms. The van der Waals surface area contributed by atoms with Crippen molar-refractivity contribution in [2.24, 2.45) is 0 Å². The maximum Gasteiger partial charge on any atom is 0.250 e. The van der Waals surface area contributed by atoms with Crippen molar-refractivity contribution in [3.05, 3.63) is 41.7 Å². The molecule has 1 aliphatic heterocycles. The van der Waals surface area contributed by atoms with Gasteiger partial charge in [0.1, 0.15) is 6.04 Å². The van der Waals surface area contributed by atoms with Gasteiger partial charge in [0, 0.05) is 30.1 Å². The second kappa shape index (κ2) is 6.56. The number of rotatable bonds is 3.